The summed E-state index contributed by atoms with van der Waals surface area (Å²) in [5, 5.41) is 3.06. The number of anilines is 2. The van der Waals surface area contributed by atoms with Crippen LogP contribution in [-0.2, 0) is 4.79 Å². The van der Waals surface area contributed by atoms with Crippen LogP contribution in [0.25, 0.3) is 0 Å². The second-order valence-electron chi connectivity index (χ2n) is 7.04. The number of rotatable bonds is 6. The standard InChI is InChI=1S/C19H32N4O/c1-6-18(21(4)5)19(24)20-16-8-7-9-17(14-16)23-12-10-22(11-13-23)15(2)3/h7-9,14-15,18H,6,10-13H2,1-5H3,(H,20,24). The van der Waals surface area contributed by atoms with Crippen molar-refractivity contribution in [2.24, 2.45) is 0 Å². The monoisotopic (exact) mass is 332 g/mol. The molecule has 5 nitrogen and oxygen atoms in total. The van der Waals surface area contributed by atoms with Crippen LogP contribution >= 0.6 is 0 Å². The maximum atomic E-state index is 12.4. The van der Waals surface area contributed by atoms with Crippen LogP contribution in [-0.4, -0.2) is 68.1 Å². The third-order valence-electron chi connectivity index (χ3n) is 4.84. The first-order valence-corrected chi connectivity index (χ1v) is 8.98. The first-order valence-electron chi connectivity index (χ1n) is 8.98. The van der Waals surface area contributed by atoms with Crippen LogP contribution in [0, 0.1) is 0 Å². The molecule has 0 spiro atoms. The van der Waals surface area contributed by atoms with Crippen molar-refractivity contribution >= 4 is 17.3 Å². The average molecular weight is 332 g/mol. The molecular weight excluding hydrogens is 300 g/mol. The second kappa shape index (κ2) is 8.49. The molecule has 0 saturated carbocycles. The van der Waals surface area contributed by atoms with Gasteiger partial charge in [0.25, 0.3) is 0 Å². The molecule has 5 heteroatoms. The summed E-state index contributed by atoms with van der Waals surface area (Å²) < 4.78 is 0. The molecule has 2 rings (SSSR count). The van der Waals surface area contributed by atoms with Gasteiger partial charge in [0.2, 0.25) is 5.91 Å². The minimum absolute atomic E-state index is 0.0595. The first-order chi connectivity index (χ1) is 11.4. The zero-order valence-electron chi connectivity index (χ0n) is 15.7. The van der Waals surface area contributed by atoms with Gasteiger partial charge in [-0.1, -0.05) is 13.0 Å². The fraction of sp³-hybridized carbons (Fsp3) is 0.632. The predicted octanol–water partition coefficient (Wildman–Crippen LogP) is 2.50. The van der Waals surface area contributed by atoms with Gasteiger partial charge in [-0.2, -0.15) is 0 Å². The van der Waals surface area contributed by atoms with E-state index in [1.165, 1.54) is 5.69 Å². The molecule has 1 aliphatic heterocycles. The van der Waals surface area contributed by atoms with Crippen LogP contribution in [0.4, 0.5) is 11.4 Å². The number of amides is 1. The van der Waals surface area contributed by atoms with Gasteiger partial charge in [-0.15, -0.1) is 0 Å². The predicted molar refractivity (Wildman–Crippen MR) is 102 cm³/mol. The number of hydrogen-bond donors (Lipinski definition) is 1. The van der Waals surface area contributed by atoms with E-state index in [1.807, 2.05) is 38.1 Å². The second-order valence-corrected chi connectivity index (χ2v) is 7.04. The van der Waals surface area contributed by atoms with Crippen LogP contribution in [0.1, 0.15) is 27.2 Å². The highest BCUT2D eigenvalue weighted by Gasteiger charge is 2.21. The Morgan fingerprint density at radius 2 is 1.88 bits per heavy atom. The van der Waals surface area contributed by atoms with E-state index in [9.17, 15) is 4.79 Å². The Balaban J connectivity index is 2.00. The first kappa shape index (κ1) is 18.7. The maximum Gasteiger partial charge on any atom is 0.241 e. The lowest BCUT2D eigenvalue weighted by Crippen LogP contribution is -2.48. The number of likely N-dealkylation sites (N-methyl/N-ethyl adjacent to an activating group) is 1. The molecule has 0 bridgehead atoms. The summed E-state index contributed by atoms with van der Waals surface area (Å²) >= 11 is 0. The van der Waals surface area contributed by atoms with Crippen LogP contribution in [0.2, 0.25) is 0 Å². The fourth-order valence-corrected chi connectivity index (χ4v) is 3.29. The van der Waals surface area contributed by atoms with Crippen LogP contribution in [0.3, 0.4) is 0 Å². The number of nitrogens with zero attached hydrogens (tertiary/aromatic N) is 3. The van der Waals surface area contributed by atoms with Crippen LogP contribution in [0.15, 0.2) is 24.3 Å². The van der Waals surface area contributed by atoms with Crippen molar-refractivity contribution in [3.63, 3.8) is 0 Å². The largest absolute Gasteiger partial charge is 0.369 e. The van der Waals surface area contributed by atoms with E-state index in [0.29, 0.717) is 6.04 Å². The van der Waals surface area contributed by atoms with Crippen molar-refractivity contribution in [2.45, 2.75) is 39.3 Å². The molecule has 1 heterocycles. The molecule has 1 amide bonds. The molecule has 1 saturated heterocycles. The number of carbonyl (C=O) groups is 1. The molecule has 1 unspecified atom stereocenters. The molecule has 1 N–H and O–H groups in total. The molecule has 1 aromatic carbocycles. The third kappa shape index (κ3) is 4.71. The van der Waals surface area contributed by atoms with Crippen molar-refractivity contribution < 1.29 is 4.79 Å². The van der Waals surface area contributed by atoms with Gasteiger partial charge < -0.3 is 10.2 Å². The van der Waals surface area contributed by atoms with Gasteiger partial charge in [0.1, 0.15) is 0 Å². The van der Waals surface area contributed by atoms with Crippen molar-refractivity contribution in [1.82, 2.24) is 9.80 Å². The highest BCUT2D eigenvalue weighted by Crippen LogP contribution is 2.22. The highest BCUT2D eigenvalue weighted by atomic mass is 16.2. The Bertz CT molecular complexity index is 536. The van der Waals surface area contributed by atoms with Gasteiger partial charge in [0, 0.05) is 43.6 Å². The van der Waals surface area contributed by atoms with Gasteiger partial charge >= 0.3 is 0 Å². The van der Waals surface area contributed by atoms with E-state index in [0.717, 1.165) is 38.3 Å². The van der Waals surface area contributed by atoms with Crippen molar-refractivity contribution in [3.05, 3.63) is 24.3 Å². The molecule has 1 atom stereocenters. The lowest BCUT2D eigenvalue weighted by Gasteiger charge is -2.38. The summed E-state index contributed by atoms with van der Waals surface area (Å²) in [7, 11) is 3.89. The molecule has 0 radical (unpaired) electrons. The molecule has 1 aromatic rings. The number of piperazine rings is 1. The Morgan fingerprint density at radius 3 is 2.42 bits per heavy atom. The van der Waals surface area contributed by atoms with Gasteiger partial charge in [-0.3, -0.25) is 14.6 Å². The Kier molecular flexibility index (Phi) is 6.63. The summed E-state index contributed by atoms with van der Waals surface area (Å²) in [6, 6.07) is 8.72. The quantitative estimate of drug-likeness (QED) is 0.869. The van der Waals surface area contributed by atoms with E-state index in [2.05, 4.69) is 41.1 Å². The van der Waals surface area contributed by atoms with E-state index < -0.39 is 0 Å². The summed E-state index contributed by atoms with van der Waals surface area (Å²) in [6.45, 7) is 10.8. The normalized spacial score (nSPS) is 17.4. The van der Waals surface area contributed by atoms with E-state index in [1.54, 1.807) is 0 Å². The third-order valence-corrected chi connectivity index (χ3v) is 4.84. The van der Waals surface area contributed by atoms with Crippen molar-refractivity contribution in [1.29, 1.82) is 0 Å². The summed E-state index contributed by atoms with van der Waals surface area (Å²) in [5.74, 6) is 0.0595. The molecule has 134 valence electrons. The minimum Gasteiger partial charge on any atom is -0.369 e. The molecular formula is C19H32N4O. The van der Waals surface area contributed by atoms with Crippen LogP contribution < -0.4 is 10.2 Å². The average Bonchev–Trinajstić information content (AvgIpc) is 2.55. The van der Waals surface area contributed by atoms with Gasteiger partial charge in [0.15, 0.2) is 0 Å². The highest BCUT2D eigenvalue weighted by molar-refractivity contribution is 5.95. The van der Waals surface area contributed by atoms with Gasteiger partial charge in [-0.25, -0.2) is 0 Å². The topological polar surface area (TPSA) is 38.8 Å². The minimum atomic E-state index is -0.0942. The molecule has 0 aliphatic carbocycles. The van der Waals surface area contributed by atoms with Crippen molar-refractivity contribution in [2.75, 3.05) is 50.5 Å². The molecule has 1 fully saturated rings. The van der Waals surface area contributed by atoms with Gasteiger partial charge in [-0.05, 0) is 52.6 Å². The number of carbonyl (C=O) groups excluding carboxylic acids is 1. The number of hydrogen-bond acceptors (Lipinski definition) is 4. The SMILES string of the molecule is CCC(C(=O)Nc1cccc(N2CCN(C(C)C)CC2)c1)N(C)C. The lowest BCUT2D eigenvalue weighted by atomic mass is 10.1. The molecule has 24 heavy (non-hydrogen) atoms. The summed E-state index contributed by atoms with van der Waals surface area (Å²) in [4.78, 5) is 19.3. The smallest absolute Gasteiger partial charge is 0.241 e. The number of benzene rings is 1. The van der Waals surface area contributed by atoms with Gasteiger partial charge in [0.05, 0.1) is 6.04 Å². The van der Waals surface area contributed by atoms with E-state index in [-0.39, 0.29) is 11.9 Å². The Labute approximate surface area is 146 Å². The van der Waals surface area contributed by atoms with E-state index in [4.69, 9.17) is 0 Å². The zero-order chi connectivity index (χ0) is 17.7. The van der Waals surface area contributed by atoms with Crippen molar-refractivity contribution in [3.8, 4) is 0 Å². The number of nitrogens with one attached hydrogen (secondary N) is 1. The fourth-order valence-electron chi connectivity index (χ4n) is 3.29. The maximum absolute atomic E-state index is 12.4. The van der Waals surface area contributed by atoms with E-state index >= 15 is 0 Å². The zero-order valence-corrected chi connectivity index (χ0v) is 15.7. The lowest BCUT2D eigenvalue weighted by molar-refractivity contribution is -0.120. The Hall–Kier alpha value is -1.59. The summed E-state index contributed by atoms with van der Waals surface area (Å²) in [5.41, 5.74) is 2.07. The Morgan fingerprint density at radius 1 is 1.21 bits per heavy atom. The molecule has 1 aliphatic rings. The summed E-state index contributed by atoms with van der Waals surface area (Å²) in [6.07, 6.45) is 0.801. The molecule has 0 aromatic heterocycles. The van der Waals surface area contributed by atoms with Crippen LogP contribution in [0.5, 0.6) is 0 Å².